The van der Waals surface area contributed by atoms with E-state index in [1.54, 1.807) is 30.8 Å². The van der Waals surface area contributed by atoms with E-state index in [1.807, 2.05) is 6.92 Å². The van der Waals surface area contributed by atoms with Crippen molar-refractivity contribution in [1.82, 2.24) is 9.88 Å². The molecule has 1 amide bonds. The molecule has 7 heteroatoms. The highest BCUT2D eigenvalue weighted by molar-refractivity contribution is 7.09. The second kappa shape index (κ2) is 7.03. The number of furan rings is 1. The zero-order chi connectivity index (χ0) is 15.2. The second-order valence-corrected chi connectivity index (χ2v) is 5.59. The molecule has 0 radical (unpaired) electrons. The fraction of sp³-hybridized carbons (Fsp3) is 0.357. The predicted octanol–water partition coefficient (Wildman–Crippen LogP) is 1.79. The van der Waals surface area contributed by atoms with Crippen molar-refractivity contribution in [2.75, 3.05) is 13.7 Å². The Kier molecular flexibility index (Phi) is 5.10. The Balaban J connectivity index is 1.74. The maximum Gasteiger partial charge on any atom is 0.312 e. The first-order chi connectivity index (χ1) is 10.0. The van der Waals surface area contributed by atoms with Crippen LogP contribution in [0.25, 0.3) is 0 Å². The van der Waals surface area contributed by atoms with Gasteiger partial charge in [-0.1, -0.05) is 0 Å². The van der Waals surface area contributed by atoms with Crippen molar-refractivity contribution < 1.29 is 18.7 Å². The number of carbonyl (C=O) groups is 2. The lowest BCUT2D eigenvalue weighted by atomic mass is 10.3. The van der Waals surface area contributed by atoms with Crippen molar-refractivity contribution in [1.29, 1.82) is 0 Å². The second-order valence-electron chi connectivity index (χ2n) is 4.52. The zero-order valence-corrected chi connectivity index (χ0v) is 12.7. The predicted molar refractivity (Wildman–Crippen MR) is 76.7 cm³/mol. The third-order valence-electron chi connectivity index (χ3n) is 2.75. The molecule has 0 atom stereocenters. The molecular formula is C14H16N2O4S. The highest BCUT2D eigenvalue weighted by Gasteiger charge is 2.14. The van der Waals surface area contributed by atoms with Gasteiger partial charge >= 0.3 is 5.97 Å². The molecule has 0 saturated carbocycles. The van der Waals surface area contributed by atoms with E-state index >= 15 is 0 Å². The van der Waals surface area contributed by atoms with Gasteiger partial charge in [-0.3, -0.25) is 9.59 Å². The van der Waals surface area contributed by atoms with Crippen LogP contribution in [0.3, 0.4) is 0 Å². The molecule has 0 aliphatic carbocycles. The number of esters is 1. The van der Waals surface area contributed by atoms with Gasteiger partial charge in [-0.15, -0.1) is 11.3 Å². The molecule has 0 fully saturated rings. The van der Waals surface area contributed by atoms with E-state index in [-0.39, 0.29) is 18.9 Å². The minimum Gasteiger partial charge on any atom is -0.467 e. The number of rotatable bonds is 6. The van der Waals surface area contributed by atoms with Crippen LogP contribution in [0.5, 0.6) is 0 Å². The van der Waals surface area contributed by atoms with E-state index in [4.69, 9.17) is 9.15 Å². The number of aryl methyl sites for hydroxylation is 1. The summed E-state index contributed by atoms with van der Waals surface area (Å²) in [6.07, 6.45) is 1.63. The van der Waals surface area contributed by atoms with Gasteiger partial charge in [-0.05, 0) is 19.1 Å². The van der Waals surface area contributed by atoms with Crippen LogP contribution >= 0.6 is 11.3 Å². The SMILES string of the molecule is Cc1nc(CC(=O)OCC(=O)N(C)Cc2ccco2)cs1. The Morgan fingerprint density at radius 2 is 2.29 bits per heavy atom. The molecule has 21 heavy (non-hydrogen) atoms. The summed E-state index contributed by atoms with van der Waals surface area (Å²) in [5.41, 5.74) is 0.666. The monoisotopic (exact) mass is 308 g/mol. The van der Waals surface area contributed by atoms with Crippen LogP contribution in [-0.4, -0.2) is 35.4 Å². The van der Waals surface area contributed by atoms with Crippen molar-refractivity contribution >= 4 is 23.2 Å². The van der Waals surface area contributed by atoms with E-state index in [9.17, 15) is 9.59 Å². The summed E-state index contributed by atoms with van der Waals surface area (Å²) < 4.78 is 10.1. The Bertz CT molecular complexity index is 606. The average Bonchev–Trinajstić information content (AvgIpc) is 3.08. The first kappa shape index (κ1) is 15.2. The zero-order valence-electron chi connectivity index (χ0n) is 11.9. The van der Waals surface area contributed by atoms with Crippen LogP contribution in [0.4, 0.5) is 0 Å². The largest absolute Gasteiger partial charge is 0.467 e. The van der Waals surface area contributed by atoms with Crippen molar-refractivity contribution in [3.63, 3.8) is 0 Å². The number of amides is 1. The minimum absolute atomic E-state index is 0.0829. The number of ether oxygens (including phenoxy) is 1. The van der Waals surface area contributed by atoms with Gasteiger partial charge in [0.25, 0.3) is 5.91 Å². The van der Waals surface area contributed by atoms with Crippen LogP contribution in [-0.2, 0) is 27.3 Å². The first-order valence-electron chi connectivity index (χ1n) is 6.37. The summed E-state index contributed by atoms with van der Waals surface area (Å²) in [7, 11) is 1.63. The Hall–Kier alpha value is -2.15. The van der Waals surface area contributed by atoms with E-state index in [0.29, 0.717) is 18.0 Å². The average molecular weight is 308 g/mol. The van der Waals surface area contributed by atoms with Crippen molar-refractivity contribution in [2.24, 2.45) is 0 Å². The Morgan fingerprint density at radius 1 is 1.48 bits per heavy atom. The molecule has 2 rings (SSSR count). The van der Waals surface area contributed by atoms with Crippen molar-refractivity contribution in [3.8, 4) is 0 Å². The molecule has 0 unspecified atom stereocenters. The summed E-state index contributed by atoms with van der Waals surface area (Å²) in [6.45, 7) is 1.93. The number of likely N-dealkylation sites (N-methyl/N-ethyl adjacent to an activating group) is 1. The summed E-state index contributed by atoms with van der Waals surface area (Å²) in [5, 5.41) is 2.70. The summed E-state index contributed by atoms with van der Waals surface area (Å²) in [4.78, 5) is 29.1. The fourth-order valence-electron chi connectivity index (χ4n) is 1.67. The van der Waals surface area contributed by atoms with Gasteiger partial charge < -0.3 is 14.1 Å². The minimum atomic E-state index is -0.458. The summed E-state index contributed by atoms with van der Waals surface area (Å²) in [6, 6.07) is 3.53. The molecule has 2 aromatic heterocycles. The highest BCUT2D eigenvalue weighted by atomic mass is 32.1. The molecule has 0 spiro atoms. The fourth-order valence-corrected chi connectivity index (χ4v) is 2.28. The molecule has 112 valence electrons. The maximum atomic E-state index is 11.8. The highest BCUT2D eigenvalue weighted by Crippen LogP contribution is 2.09. The Labute approximate surface area is 126 Å². The number of aromatic nitrogens is 1. The lowest BCUT2D eigenvalue weighted by Gasteiger charge is -2.15. The molecule has 0 aromatic carbocycles. The number of hydrogen-bond acceptors (Lipinski definition) is 6. The smallest absolute Gasteiger partial charge is 0.312 e. The van der Waals surface area contributed by atoms with Gasteiger partial charge in [0, 0.05) is 12.4 Å². The van der Waals surface area contributed by atoms with E-state index in [0.717, 1.165) is 5.01 Å². The maximum absolute atomic E-state index is 11.8. The molecular weight excluding hydrogens is 292 g/mol. The van der Waals surface area contributed by atoms with Crippen LogP contribution in [0, 0.1) is 6.92 Å². The van der Waals surface area contributed by atoms with E-state index < -0.39 is 5.97 Å². The van der Waals surface area contributed by atoms with Crippen LogP contribution in [0.2, 0.25) is 0 Å². The number of carbonyl (C=O) groups excluding carboxylic acids is 2. The molecule has 6 nitrogen and oxygen atoms in total. The van der Waals surface area contributed by atoms with Gasteiger partial charge in [0.2, 0.25) is 0 Å². The van der Waals surface area contributed by atoms with Crippen LogP contribution < -0.4 is 0 Å². The standard InChI is InChI=1S/C14H16N2O4S/c1-10-15-11(9-21-10)6-14(18)20-8-13(17)16(2)7-12-4-3-5-19-12/h3-5,9H,6-8H2,1-2H3. The van der Waals surface area contributed by atoms with Gasteiger partial charge in [-0.2, -0.15) is 0 Å². The van der Waals surface area contributed by atoms with Crippen LogP contribution in [0.1, 0.15) is 16.5 Å². The summed E-state index contributed by atoms with van der Waals surface area (Å²) in [5.74, 6) is -0.0654. The van der Waals surface area contributed by atoms with Gasteiger partial charge in [0.05, 0.1) is 29.9 Å². The third kappa shape index (κ3) is 4.71. The van der Waals surface area contributed by atoms with Gasteiger partial charge in [0.15, 0.2) is 6.61 Å². The summed E-state index contributed by atoms with van der Waals surface area (Å²) >= 11 is 1.47. The quantitative estimate of drug-likeness (QED) is 0.761. The van der Waals surface area contributed by atoms with Gasteiger partial charge in [0.1, 0.15) is 5.76 Å². The van der Waals surface area contributed by atoms with E-state index in [1.165, 1.54) is 16.2 Å². The molecule has 0 bridgehead atoms. The molecule has 2 aromatic rings. The number of thiazole rings is 1. The molecule has 0 N–H and O–H groups in total. The van der Waals surface area contributed by atoms with E-state index in [2.05, 4.69) is 4.98 Å². The first-order valence-corrected chi connectivity index (χ1v) is 7.25. The van der Waals surface area contributed by atoms with Crippen molar-refractivity contribution in [3.05, 3.63) is 40.2 Å². The Morgan fingerprint density at radius 3 is 2.90 bits per heavy atom. The number of hydrogen-bond donors (Lipinski definition) is 0. The van der Waals surface area contributed by atoms with Gasteiger partial charge in [-0.25, -0.2) is 4.98 Å². The molecule has 0 aliphatic rings. The number of nitrogens with zero attached hydrogens (tertiary/aromatic N) is 2. The lowest BCUT2D eigenvalue weighted by Crippen LogP contribution is -2.30. The molecule has 2 heterocycles. The van der Waals surface area contributed by atoms with Crippen LogP contribution in [0.15, 0.2) is 28.2 Å². The normalized spacial score (nSPS) is 10.4. The topological polar surface area (TPSA) is 72.6 Å². The van der Waals surface area contributed by atoms with Crippen molar-refractivity contribution in [2.45, 2.75) is 19.9 Å². The lowest BCUT2D eigenvalue weighted by molar-refractivity contribution is -0.151. The molecule has 0 saturated heterocycles. The third-order valence-corrected chi connectivity index (χ3v) is 3.57. The molecule has 0 aliphatic heterocycles.